The van der Waals surface area contributed by atoms with Gasteiger partial charge in [-0.05, 0) is 63.6 Å². The minimum Gasteiger partial charge on any atom is -0.306 e. The number of hydrogen-bond donors (Lipinski definition) is 1. The largest absolute Gasteiger partial charge is 0.306 e. The van der Waals surface area contributed by atoms with Crippen LogP contribution in [-0.4, -0.2) is 10.5 Å². The lowest BCUT2D eigenvalue weighted by atomic mass is 9.75. The lowest BCUT2D eigenvalue weighted by Crippen LogP contribution is -2.50. The molecular weight excluding hydrogens is 332 g/mol. The fraction of sp³-hybridized carbons (Fsp3) is 0.583. The van der Waals surface area contributed by atoms with Gasteiger partial charge in [-0.25, -0.2) is 0 Å². The molecule has 1 aromatic rings. The molecule has 4 heteroatoms. The maximum absolute atomic E-state index is 4.42. The van der Waals surface area contributed by atoms with Crippen molar-refractivity contribution in [3.05, 3.63) is 26.9 Å². The second kappa shape index (κ2) is 5.15. The van der Waals surface area contributed by atoms with E-state index in [1.54, 1.807) is 0 Å². The van der Waals surface area contributed by atoms with Crippen molar-refractivity contribution in [3.8, 4) is 0 Å². The second-order valence-corrected chi connectivity index (χ2v) is 6.19. The minimum absolute atomic E-state index is 0.383. The van der Waals surface area contributed by atoms with Crippen molar-refractivity contribution < 1.29 is 0 Å². The molecule has 1 heterocycles. The Bertz CT molecular complexity index is 370. The molecule has 16 heavy (non-hydrogen) atoms. The van der Waals surface area contributed by atoms with Gasteiger partial charge in [0.1, 0.15) is 0 Å². The molecule has 0 unspecified atom stereocenters. The Labute approximate surface area is 113 Å². The van der Waals surface area contributed by atoms with Crippen molar-refractivity contribution in [2.75, 3.05) is 0 Å². The summed E-state index contributed by atoms with van der Waals surface area (Å²) in [6.45, 7) is 3.11. The molecule has 0 amide bonds. The van der Waals surface area contributed by atoms with E-state index in [1.807, 2.05) is 12.3 Å². The first-order valence-corrected chi connectivity index (χ1v) is 7.29. The van der Waals surface area contributed by atoms with Crippen molar-refractivity contribution in [1.82, 2.24) is 10.3 Å². The molecule has 1 aromatic heterocycles. The first-order valence-electron chi connectivity index (χ1n) is 5.70. The quantitative estimate of drug-likeness (QED) is 0.889. The lowest BCUT2D eigenvalue weighted by molar-refractivity contribution is 0.174. The summed E-state index contributed by atoms with van der Waals surface area (Å²) in [6.07, 6.45) is 7.02. The molecule has 0 saturated heterocycles. The van der Waals surface area contributed by atoms with Crippen LogP contribution in [0.15, 0.2) is 21.2 Å². The fourth-order valence-electron chi connectivity index (χ4n) is 2.10. The number of halogens is 2. The molecule has 0 aromatic carbocycles. The van der Waals surface area contributed by atoms with E-state index >= 15 is 0 Å². The van der Waals surface area contributed by atoms with Crippen molar-refractivity contribution in [1.29, 1.82) is 0 Å². The highest BCUT2D eigenvalue weighted by molar-refractivity contribution is 9.11. The molecule has 2 rings (SSSR count). The topological polar surface area (TPSA) is 24.9 Å². The SMILES string of the molecule is CCC1(NCc2ncc(Br)cc2Br)CCC1. The number of hydrogen-bond acceptors (Lipinski definition) is 2. The lowest BCUT2D eigenvalue weighted by Gasteiger charge is -2.42. The molecule has 1 saturated carbocycles. The zero-order valence-corrected chi connectivity index (χ0v) is 12.6. The van der Waals surface area contributed by atoms with Gasteiger partial charge in [0.05, 0.1) is 5.69 Å². The second-order valence-electron chi connectivity index (χ2n) is 4.42. The van der Waals surface area contributed by atoms with E-state index in [1.165, 1.54) is 25.7 Å². The highest BCUT2D eigenvalue weighted by Crippen LogP contribution is 2.35. The van der Waals surface area contributed by atoms with Crippen molar-refractivity contribution >= 4 is 31.9 Å². The number of pyridine rings is 1. The predicted molar refractivity (Wildman–Crippen MR) is 73.3 cm³/mol. The van der Waals surface area contributed by atoms with Crippen LogP contribution >= 0.6 is 31.9 Å². The van der Waals surface area contributed by atoms with Crippen LogP contribution in [0.5, 0.6) is 0 Å². The van der Waals surface area contributed by atoms with Crippen LogP contribution < -0.4 is 5.32 Å². The predicted octanol–water partition coefficient (Wildman–Crippen LogP) is 4.03. The molecule has 0 atom stereocenters. The number of nitrogens with one attached hydrogen (secondary N) is 1. The van der Waals surface area contributed by atoms with E-state index in [4.69, 9.17) is 0 Å². The normalized spacial score (nSPS) is 18.2. The average Bonchev–Trinajstić information content (AvgIpc) is 2.19. The molecule has 1 aliphatic carbocycles. The smallest absolute Gasteiger partial charge is 0.0684 e. The summed E-state index contributed by atoms with van der Waals surface area (Å²) in [6, 6.07) is 2.05. The van der Waals surface area contributed by atoms with E-state index in [-0.39, 0.29) is 0 Å². The van der Waals surface area contributed by atoms with Crippen LogP contribution in [0.25, 0.3) is 0 Å². The Kier molecular flexibility index (Phi) is 4.03. The number of nitrogens with zero attached hydrogens (tertiary/aromatic N) is 1. The van der Waals surface area contributed by atoms with Gasteiger partial charge in [0.2, 0.25) is 0 Å². The van der Waals surface area contributed by atoms with Crippen LogP contribution in [0, 0.1) is 0 Å². The maximum Gasteiger partial charge on any atom is 0.0684 e. The zero-order chi connectivity index (χ0) is 11.6. The van der Waals surface area contributed by atoms with Gasteiger partial charge in [0, 0.05) is 27.2 Å². The van der Waals surface area contributed by atoms with Gasteiger partial charge in [0.25, 0.3) is 0 Å². The van der Waals surface area contributed by atoms with E-state index in [0.717, 1.165) is 21.2 Å². The molecule has 0 radical (unpaired) electrons. The third kappa shape index (κ3) is 2.66. The first-order chi connectivity index (χ1) is 7.65. The number of rotatable bonds is 4. The molecular formula is C12H16Br2N2. The van der Waals surface area contributed by atoms with Crippen LogP contribution in [0.3, 0.4) is 0 Å². The van der Waals surface area contributed by atoms with Crippen molar-refractivity contribution in [3.63, 3.8) is 0 Å². The summed E-state index contributed by atoms with van der Waals surface area (Å²) in [7, 11) is 0. The van der Waals surface area contributed by atoms with E-state index < -0.39 is 0 Å². The third-order valence-electron chi connectivity index (χ3n) is 3.50. The van der Waals surface area contributed by atoms with Gasteiger partial charge < -0.3 is 5.32 Å². The highest BCUT2D eigenvalue weighted by Gasteiger charge is 2.34. The van der Waals surface area contributed by atoms with Crippen LogP contribution in [0.1, 0.15) is 38.3 Å². The third-order valence-corrected chi connectivity index (χ3v) is 4.62. The fourth-order valence-corrected chi connectivity index (χ4v) is 3.23. The van der Waals surface area contributed by atoms with Gasteiger partial charge in [-0.3, -0.25) is 4.98 Å². The Morgan fingerprint density at radius 1 is 1.44 bits per heavy atom. The maximum atomic E-state index is 4.42. The van der Waals surface area contributed by atoms with Crippen LogP contribution in [0.2, 0.25) is 0 Å². The Balaban J connectivity index is 1.99. The van der Waals surface area contributed by atoms with E-state index in [2.05, 4.69) is 49.1 Å². The number of aromatic nitrogens is 1. The summed E-state index contributed by atoms with van der Waals surface area (Å²) in [5.74, 6) is 0. The van der Waals surface area contributed by atoms with Gasteiger partial charge in [-0.2, -0.15) is 0 Å². The standard InChI is InChI=1S/C12H16Br2N2/c1-2-12(4-3-5-12)16-8-11-10(14)6-9(13)7-15-11/h6-7,16H,2-5,8H2,1H3. The van der Waals surface area contributed by atoms with Crippen molar-refractivity contribution in [2.24, 2.45) is 0 Å². The van der Waals surface area contributed by atoms with Gasteiger partial charge >= 0.3 is 0 Å². The molecule has 1 N–H and O–H groups in total. The Morgan fingerprint density at radius 3 is 2.69 bits per heavy atom. The summed E-state index contributed by atoms with van der Waals surface area (Å²) >= 11 is 6.96. The molecule has 88 valence electrons. The molecule has 1 aliphatic rings. The summed E-state index contributed by atoms with van der Waals surface area (Å²) in [5, 5.41) is 3.65. The zero-order valence-electron chi connectivity index (χ0n) is 9.39. The van der Waals surface area contributed by atoms with Gasteiger partial charge in [0.15, 0.2) is 0 Å². The van der Waals surface area contributed by atoms with Crippen molar-refractivity contribution in [2.45, 2.75) is 44.7 Å². The molecule has 0 bridgehead atoms. The Hall–Kier alpha value is 0.0700. The molecule has 2 nitrogen and oxygen atoms in total. The first kappa shape index (κ1) is 12.5. The molecule has 1 fully saturated rings. The summed E-state index contributed by atoms with van der Waals surface area (Å²) < 4.78 is 2.08. The molecule has 0 spiro atoms. The molecule has 0 aliphatic heterocycles. The monoisotopic (exact) mass is 346 g/mol. The average molecular weight is 348 g/mol. The van der Waals surface area contributed by atoms with E-state index in [9.17, 15) is 0 Å². The van der Waals surface area contributed by atoms with Crippen LogP contribution in [-0.2, 0) is 6.54 Å². The summed E-state index contributed by atoms with van der Waals surface area (Å²) in [4.78, 5) is 4.42. The minimum atomic E-state index is 0.383. The summed E-state index contributed by atoms with van der Waals surface area (Å²) in [5.41, 5.74) is 1.47. The van der Waals surface area contributed by atoms with Gasteiger partial charge in [-0.15, -0.1) is 0 Å². The highest BCUT2D eigenvalue weighted by atomic mass is 79.9. The Morgan fingerprint density at radius 2 is 2.19 bits per heavy atom. The van der Waals surface area contributed by atoms with Gasteiger partial charge in [-0.1, -0.05) is 6.92 Å². The van der Waals surface area contributed by atoms with Crippen LogP contribution in [0.4, 0.5) is 0 Å². The van der Waals surface area contributed by atoms with E-state index in [0.29, 0.717) is 5.54 Å².